The van der Waals surface area contributed by atoms with Crippen molar-refractivity contribution in [3.05, 3.63) is 87.8 Å². The Morgan fingerprint density at radius 1 is 0.973 bits per heavy atom. The molecule has 0 fully saturated rings. The SMILES string of the molecule is CCOC(=O)C1=C(C)NC2=C(C(=O)[C@H](C(=O)OCC)[C@@H](c3ccc(OC)cc3)C2)[C@H]1c1ccccc1C. The lowest BCUT2D eigenvalue weighted by molar-refractivity contribution is -0.152. The van der Waals surface area contributed by atoms with Crippen LogP contribution in [0.3, 0.4) is 0 Å². The number of dihydropyridines is 1. The van der Waals surface area contributed by atoms with Crippen LogP contribution in [0.25, 0.3) is 0 Å². The number of rotatable bonds is 7. The van der Waals surface area contributed by atoms with Crippen LogP contribution in [0, 0.1) is 12.8 Å². The Hall–Kier alpha value is -3.87. The van der Waals surface area contributed by atoms with E-state index in [1.165, 1.54) is 0 Å². The summed E-state index contributed by atoms with van der Waals surface area (Å²) in [6, 6.07) is 15.1. The summed E-state index contributed by atoms with van der Waals surface area (Å²) in [6.45, 7) is 7.62. The Morgan fingerprint density at radius 3 is 2.27 bits per heavy atom. The van der Waals surface area contributed by atoms with Crippen molar-refractivity contribution in [1.82, 2.24) is 5.32 Å². The van der Waals surface area contributed by atoms with Gasteiger partial charge in [0.25, 0.3) is 0 Å². The summed E-state index contributed by atoms with van der Waals surface area (Å²) in [5, 5.41) is 3.33. The molecule has 2 aliphatic rings. The molecule has 0 radical (unpaired) electrons. The molecule has 0 aromatic heterocycles. The average Bonchev–Trinajstić information content (AvgIpc) is 2.88. The fourth-order valence-electron chi connectivity index (χ4n) is 5.40. The van der Waals surface area contributed by atoms with E-state index >= 15 is 0 Å². The fraction of sp³-hybridized carbons (Fsp3) is 0.367. The fourth-order valence-corrected chi connectivity index (χ4v) is 5.40. The van der Waals surface area contributed by atoms with Crippen molar-refractivity contribution < 1.29 is 28.6 Å². The summed E-state index contributed by atoms with van der Waals surface area (Å²) in [5.74, 6) is -2.82. The van der Waals surface area contributed by atoms with Gasteiger partial charge in [0, 0.05) is 28.8 Å². The van der Waals surface area contributed by atoms with Gasteiger partial charge < -0.3 is 19.5 Å². The minimum atomic E-state index is -1.04. The quantitative estimate of drug-likeness (QED) is 0.432. The number of hydrogen-bond donors (Lipinski definition) is 1. The maximum atomic E-state index is 14.3. The van der Waals surface area contributed by atoms with Crippen molar-refractivity contribution in [3.63, 3.8) is 0 Å². The molecule has 0 saturated carbocycles. The molecule has 1 heterocycles. The Kier molecular flexibility index (Phi) is 7.81. The summed E-state index contributed by atoms with van der Waals surface area (Å²) in [4.78, 5) is 40.8. The van der Waals surface area contributed by atoms with E-state index in [2.05, 4.69) is 5.32 Å². The maximum absolute atomic E-state index is 14.3. The van der Waals surface area contributed by atoms with Gasteiger partial charge >= 0.3 is 11.9 Å². The largest absolute Gasteiger partial charge is 0.497 e. The van der Waals surface area contributed by atoms with E-state index in [1.54, 1.807) is 21.0 Å². The maximum Gasteiger partial charge on any atom is 0.336 e. The molecule has 7 nitrogen and oxygen atoms in total. The number of esters is 2. The van der Waals surface area contributed by atoms with E-state index in [1.807, 2.05) is 62.4 Å². The topological polar surface area (TPSA) is 90.9 Å². The number of hydrogen-bond acceptors (Lipinski definition) is 7. The van der Waals surface area contributed by atoms with Crippen LogP contribution in [-0.4, -0.2) is 38.0 Å². The number of carbonyl (C=O) groups excluding carboxylic acids is 3. The number of benzene rings is 2. The summed E-state index contributed by atoms with van der Waals surface area (Å²) in [6.07, 6.45) is 0.409. The molecule has 2 aromatic rings. The molecule has 0 unspecified atom stereocenters. The monoisotopic (exact) mass is 503 g/mol. The van der Waals surface area contributed by atoms with Crippen LogP contribution >= 0.6 is 0 Å². The Balaban J connectivity index is 1.90. The van der Waals surface area contributed by atoms with Crippen LogP contribution in [0.5, 0.6) is 5.75 Å². The number of aryl methyl sites for hydroxylation is 1. The molecule has 1 N–H and O–H groups in total. The standard InChI is InChI=1S/C30H33NO6/c1-6-36-29(33)24-18(4)31-23-16-22(19-12-14-20(35-5)15-13-19)26(30(34)37-7-2)28(32)27(23)25(24)21-11-9-8-10-17(21)3/h8-15,22,25-26,31H,6-7,16H2,1-5H3/t22-,25+,26-/m1/s1. The second-order valence-electron chi connectivity index (χ2n) is 9.24. The van der Waals surface area contributed by atoms with Crippen LogP contribution in [0.15, 0.2) is 71.1 Å². The summed E-state index contributed by atoms with van der Waals surface area (Å²) in [5.41, 5.74) is 4.77. The second-order valence-corrected chi connectivity index (χ2v) is 9.24. The normalized spacial score (nSPS) is 21.2. The van der Waals surface area contributed by atoms with Gasteiger partial charge in [-0.1, -0.05) is 36.4 Å². The van der Waals surface area contributed by atoms with E-state index in [-0.39, 0.29) is 19.0 Å². The van der Waals surface area contributed by atoms with E-state index < -0.39 is 29.7 Å². The number of ketones is 1. The zero-order chi connectivity index (χ0) is 26.7. The van der Waals surface area contributed by atoms with Gasteiger partial charge in [0.1, 0.15) is 11.7 Å². The number of nitrogens with one attached hydrogen (secondary N) is 1. The molecule has 0 spiro atoms. The van der Waals surface area contributed by atoms with Crippen molar-refractivity contribution in [1.29, 1.82) is 0 Å². The number of methoxy groups -OCH3 is 1. The lowest BCUT2D eigenvalue weighted by Gasteiger charge is -2.39. The molecule has 37 heavy (non-hydrogen) atoms. The average molecular weight is 504 g/mol. The van der Waals surface area contributed by atoms with Gasteiger partial charge in [0.05, 0.1) is 25.9 Å². The predicted octanol–water partition coefficient (Wildman–Crippen LogP) is 4.72. The van der Waals surface area contributed by atoms with E-state index in [9.17, 15) is 14.4 Å². The van der Waals surface area contributed by atoms with E-state index in [4.69, 9.17) is 14.2 Å². The van der Waals surface area contributed by atoms with Gasteiger partial charge in [0.2, 0.25) is 0 Å². The molecule has 1 aliphatic carbocycles. The molecule has 1 aliphatic heterocycles. The first kappa shape index (κ1) is 26.2. The highest BCUT2D eigenvalue weighted by Crippen LogP contribution is 2.48. The summed E-state index contributed by atoms with van der Waals surface area (Å²) >= 11 is 0. The Bertz CT molecular complexity index is 1270. The predicted molar refractivity (Wildman–Crippen MR) is 139 cm³/mol. The highest BCUT2D eigenvalue weighted by atomic mass is 16.5. The number of allylic oxidation sites excluding steroid dienone is 3. The zero-order valence-corrected chi connectivity index (χ0v) is 21.9. The number of ether oxygens (including phenoxy) is 3. The molecule has 0 saturated heterocycles. The summed E-state index contributed by atoms with van der Waals surface area (Å²) < 4.78 is 16.1. The van der Waals surface area contributed by atoms with Crippen LogP contribution in [0.4, 0.5) is 0 Å². The van der Waals surface area contributed by atoms with Gasteiger partial charge in [-0.25, -0.2) is 4.79 Å². The molecule has 3 atom stereocenters. The van der Waals surface area contributed by atoms with Crippen LogP contribution in [0.1, 0.15) is 55.7 Å². The molecular weight excluding hydrogens is 470 g/mol. The van der Waals surface area contributed by atoms with Gasteiger partial charge in [0.15, 0.2) is 5.78 Å². The lowest BCUT2D eigenvalue weighted by Crippen LogP contribution is -2.43. The van der Waals surface area contributed by atoms with Crippen molar-refractivity contribution >= 4 is 17.7 Å². The van der Waals surface area contributed by atoms with Crippen LogP contribution in [-0.2, 0) is 23.9 Å². The van der Waals surface area contributed by atoms with Crippen molar-refractivity contribution in [2.24, 2.45) is 5.92 Å². The van der Waals surface area contributed by atoms with Gasteiger partial charge in [-0.15, -0.1) is 0 Å². The molecule has 2 aromatic carbocycles. The van der Waals surface area contributed by atoms with Crippen LogP contribution < -0.4 is 10.1 Å². The Morgan fingerprint density at radius 2 is 1.65 bits per heavy atom. The second kappa shape index (κ2) is 11.0. The van der Waals surface area contributed by atoms with Crippen molar-refractivity contribution in [2.45, 2.75) is 46.0 Å². The van der Waals surface area contributed by atoms with Crippen LogP contribution in [0.2, 0.25) is 0 Å². The molecule has 4 rings (SSSR count). The Labute approximate surface area is 217 Å². The highest BCUT2D eigenvalue weighted by Gasteiger charge is 2.49. The minimum absolute atomic E-state index is 0.163. The molecule has 0 bridgehead atoms. The number of Topliss-reactive ketones (excluding diaryl/α,β-unsaturated/α-hetero) is 1. The third-order valence-electron chi connectivity index (χ3n) is 7.10. The molecule has 0 amide bonds. The highest BCUT2D eigenvalue weighted by molar-refractivity contribution is 6.13. The zero-order valence-electron chi connectivity index (χ0n) is 21.9. The van der Waals surface area contributed by atoms with E-state index in [0.717, 1.165) is 16.7 Å². The lowest BCUT2D eigenvalue weighted by atomic mass is 9.66. The number of carbonyl (C=O) groups is 3. The van der Waals surface area contributed by atoms with Gasteiger partial charge in [-0.2, -0.15) is 0 Å². The third-order valence-corrected chi connectivity index (χ3v) is 7.10. The first-order valence-corrected chi connectivity index (χ1v) is 12.6. The minimum Gasteiger partial charge on any atom is -0.497 e. The smallest absolute Gasteiger partial charge is 0.336 e. The molecule has 7 heteroatoms. The third kappa shape index (κ3) is 4.90. The first-order valence-electron chi connectivity index (χ1n) is 12.6. The van der Waals surface area contributed by atoms with Gasteiger partial charge in [-0.05, 0) is 62.9 Å². The van der Waals surface area contributed by atoms with Gasteiger partial charge in [-0.3, -0.25) is 9.59 Å². The van der Waals surface area contributed by atoms with Crippen molar-refractivity contribution in [3.8, 4) is 5.75 Å². The molecular formula is C30H33NO6. The first-order chi connectivity index (χ1) is 17.8. The molecule has 194 valence electrons. The van der Waals surface area contributed by atoms with E-state index in [0.29, 0.717) is 34.7 Å². The van der Waals surface area contributed by atoms with Crippen molar-refractivity contribution in [2.75, 3.05) is 20.3 Å². The summed E-state index contributed by atoms with van der Waals surface area (Å²) in [7, 11) is 1.59.